The average Bonchev–Trinajstić information content (AvgIpc) is 3.54. The van der Waals surface area contributed by atoms with Crippen LogP contribution in [0.4, 0.5) is 5.69 Å². The first kappa shape index (κ1) is 22.3. The number of nitrogens with zero attached hydrogens (tertiary/aromatic N) is 4. The van der Waals surface area contributed by atoms with Gasteiger partial charge in [-0.25, -0.2) is 4.90 Å². The van der Waals surface area contributed by atoms with E-state index in [0.717, 1.165) is 44.4 Å². The number of amides is 2. The highest BCUT2D eigenvalue weighted by Crippen LogP contribution is 2.62. The Hall–Kier alpha value is -4.68. The monoisotopic (exact) mass is 508 g/mol. The maximum atomic E-state index is 13.8. The molecule has 4 aromatic carbocycles. The van der Waals surface area contributed by atoms with E-state index in [1.807, 2.05) is 98.0 Å². The van der Waals surface area contributed by atoms with Gasteiger partial charge in [0.05, 0.1) is 17.5 Å². The second-order valence-corrected chi connectivity index (χ2v) is 10.6. The van der Waals surface area contributed by atoms with Crippen molar-refractivity contribution in [3.05, 3.63) is 114 Å². The number of benzene rings is 4. The van der Waals surface area contributed by atoms with E-state index in [1.165, 1.54) is 4.90 Å². The minimum atomic E-state index is -0.402. The lowest BCUT2D eigenvalue weighted by molar-refractivity contribution is -0.123. The van der Waals surface area contributed by atoms with Gasteiger partial charge in [0.2, 0.25) is 11.8 Å². The molecule has 1 aromatic heterocycles. The molecule has 6 heteroatoms. The van der Waals surface area contributed by atoms with Gasteiger partial charge < -0.3 is 0 Å². The van der Waals surface area contributed by atoms with Crippen molar-refractivity contribution in [3.63, 3.8) is 0 Å². The molecule has 0 spiro atoms. The van der Waals surface area contributed by atoms with Gasteiger partial charge in [0.25, 0.3) is 0 Å². The smallest absolute Gasteiger partial charge is 0.239 e. The average molecular weight is 509 g/mol. The number of carbonyl (C=O) groups is 2. The molecular weight excluding hydrogens is 484 g/mol. The summed E-state index contributed by atoms with van der Waals surface area (Å²) in [6, 6.07) is 33.5. The molecule has 6 nitrogen and oxygen atoms in total. The molecule has 2 fully saturated rings. The molecule has 2 saturated heterocycles. The fraction of sp³-hybridized carbons (Fsp3) is 0.152. The Kier molecular flexibility index (Phi) is 4.67. The van der Waals surface area contributed by atoms with Crippen LogP contribution in [0.5, 0.6) is 0 Å². The van der Waals surface area contributed by atoms with Crippen molar-refractivity contribution >= 4 is 28.3 Å². The van der Waals surface area contributed by atoms with Crippen LogP contribution in [-0.4, -0.2) is 34.0 Å². The van der Waals surface area contributed by atoms with Crippen LogP contribution in [0.3, 0.4) is 0 Å². The molecule has 4 atom stereocenters. The van der Waals surface area contributed by atoms with E-state index < -0.39 is 11.8 Å². The van der Waals surface area contributed by atoms with Gasteiger partial charge in [-0.3, -0.25) is 14.5 Å². The standard InChI is InChI=1S/C33H24N4O2/c1-36-30-24-17-22-23(29(20-13-7-3-8-14-20)35-34-28(22)19-11-5-2-6-12-19)18-25(24)31(36)27-26(30)32(38)37(33(27)39)21-15-9-4-10-16-21/h2-18,26-27,30-31H,1H3/t26-,27+,30-,31+. The highest BCUT2D eigenvalue weighted by molar-refractivity contribution is 6.23. The van der Waals surface area contributed by atoms with Crippen LogP contribution < -0.4 is 4.90 Å². The van der Waals surface area contributed by atoms with Crippen LogP contribution in [0.25, 0.3) is 33.3 Å². The van der Waals surface area contributed by atoms with Crippen molar-refractivity contribution in [1.82, 2.24) is 15.1 Å². The second-order valence-electron chi connectivity index (χ2n) is 10.6. The summed E-state index contributed by atoms with van der Waals surface area (Å²) < 4.78 is 0. The van der Waals surface area contributed by atoms with Crippen LogP contribution in [0.2, 0.25) is 0 Å². The van der Waals surface area contributed by atoms with E-state index in [2.05, 4.69) is 17.0 Å². The molecule has 0 radical (unpaired) electrons. The van der Waals surface area contributed by atoms with Crippen molar-refractivity contribution in [2.75, 3.05) is 11.9 Å². The number of fused-ring (bicyclic) bond motifs is 9. The van der Waals surface area contributed by atoms with Crippen molar-refractivity contribution in [2.45, 2.75) is 12.1 Å². The van der Waals surface area contributed by atoms with Crippen LogP contribution in [-0.2, 0) is 9.59 Å². The van der Waals surface area contributed by atoms with Crippen molar-refractivity contribution < 1.29 is 9.59 Å². The molecule has 2 amide bonds. The minimum absolute atomic E-state index is 0.109. The number of carbonyl (C=O) groups excluding carboxylic acids is 2. The fourth-order valence-electron chi connectivity index (χ4n) is 7.08. The topological polar surface area (TPSA) is 66.4 Å². The first-order chi connectivity index (χ1) is 19.1. The van der Waals surface area contributed by atoms with E-state index >= 15 is 0 Å². The van der Waals surface area contributed by atoms with Crippen LogP contribution in [0, 0.1) is 11.8 Å². The summed E-state index contributed by atoms with van der Waals surface area (Å²) in [4.78, 5) is 31.2. The number of imide groups is 1. The Bertz CT molecular complexity index is 1680. The number of rotatable bonds is 3. The van der Waals surface area contributed by atoms with Gasteiger partial charge >= 0.3 is 0 Å². The Morgan fingerprint density at radius 1 is 0.590 bits per heavy atom. The molecular formula is C33H24N4O2. The Morgan fingerprint density at radius 3 is 1.44 bits per heavy atom. The maximum absolute atomic E-state index is 13.8. The third-order valence-electron chi connectivity index (χ3n) is 8.69. The van der Waals surface area contributed by atoms with Gasteiger partial charge in [-0.2, -0.15) is 0 Å². The van der Waals surface area contributed by atoms with Gasteiger partial charge in [0.1, 0.15) is 11.4 Å². The molecule has 0 unspecified atom stereocenters. The zero-order valence-corrected chi connectivity index (χ0v) is 21.2. The number of anilines is 1. The summed E-state index contributed by atoms with van der Waals surface area (Å²) in [5.41, 5.74) is 6.47. The molecule has 0 aliphatic carbocycles. The number of hydrogen-bond donors (Lipinski definition) is 0. The summed E-state index contributed by atoms with van der Waals surface area (Å²) >= 11 is 0. The summed E-state index contributed by atoms with van der Waals surface area (Å²) in [6.45, 7) is 0. The number of aromatic nitrogens is 2. The summed E-state index contributed by atoms with van der Waals surface area (Å²) in [5, 5.41) is 11.4. The number of para-hydroxylation sites is 1. The third kappa shape index (κ3) is 3.00. The minimum Gasteiger partial charge on any atom is -0.291 e. The van der Waals surface area contributed by atoms with E-state index in [0.29, 0.717) is 5.69 Å². The van der Waals surface area contributed by atoms with E-state index in [-0.39, 0.29) is 23.9 Å². The molecule has 39 heavy (non-hydrogen) atoms. The molecule has 3 aliphatic rings. The fourth-order valence-corrected chi connectivity index (χ4v) is 7.08. The van der Waals surface area contributed by atoms with Crippen molar-refractivity contribution in [1.29, 1.82) is 0 Å². The summed E-state index contributed by atoms with van der Waals surface area (Å²) in [6.07, 6.45) is 0. The number of hydrogen-bond acceptors (Lipinski definition) is 5. The van der Waals surface area contributed by atoms with Crippen molar-refractivity contribution in [3.8, 4) is 22.5 Å². The van der Waals surface area contributed by atoms with E-state index in [1.54, 1.807) is 0 Å². The Labute approximate surface area is 225 Å². The van der Waals surface area contributed by atoms with Gasteiger partial charge in [-0.1, -0.05) is 78.9 Å². The predicted octanol–water partition coefficient (Wildman–Crippen LogP) is 5.81. The molecule has 0 N–H and O–H groups in total. The second kappa shape index (κ2) is 8.16. The highest BCUT2D eigenvalue weighted by Gasteiger charge is 2.65. The molecule has 0 saturated carbocycles. The Balaban J connectivity index is 1.35. The van der Waals surface area contributed by atoms with Crippen molar-refractivity contribution in [2.24, 2.45) is 11.8 Å². The van der Waals surface area contributed by atoms with Gasteiger partial charge in [0.15, 0.2) is 0 Å². The lowest BCUT2D eigenvalue weighted by Crippen LogP contribution is -2.35. The summed E-state index contributed by atoms with van der Waals surface area (Å²) in [5.74, 6) is -1.02. The van der Waals surface area contributed by atoms with E-state index in [9.17, 15) is 9.59 Å². The normalized spacial score (nSPS) is 23.5. The van der Waals surface area contributed by atoms with E-state index in [4.69, 9.17) is 10.2 Å². The molecule has 3 aliphatic heterocycles. The lowest BCUT2D eigenvalue weighted by Gasteiger charge is -2.23. The van der Waals surface area contributed by atoms with Crippen LogP contribution in [0.15, 0.2) is 103 Å². The third-order valence-corrected chi connectivity index (χ3v) is 8.69. The SMILES string of the molecule is CN1[C@@H]2c3cc4c(-c5ccccc5)nnc(-c5ccccc5)c4cc3[C@H]1[C@H]1C(=O)N(c3ccccc3)C(=O)[C@H]12. The predicted molar refractivity (Wildman–Crippen MR) is 150 cm³/mol. The summed E-state index contributed by atoms with van der Waals surface area (Å²) in [7, 11) is 2.04. The highest BCUT2D eigenvalue weighted by atomic mass is 16.2. The van der Waals surface area contributed by atoms with Crippen LogP contribution in [0.1, 0.15) is 23.2 Å². The molecule has 2 bridgehead atoms. The Morgan fingerprint density at radius 2 is 1.00 bits per heavy atom. The zero-order chi connectivity index (χ0) is 26.2. The zero-order valence-electron chi connectivity index (χ0n) is 21.2. The van der Waals surface area contributed by atoms with Gasteiger partial charge in [-0.05, 0) is 42.4 Å². The quantitative estimate of drug-likeness (QED) is 0.288. The maximum Gasteiger partial charge on any atom is 0.239 e. The van der Waals surface area contributed by atoms with Crippen LogP contribution >= 0.6 is 0 Å². The first-order valence-corrected chi connectivity index (χ1v) is 13.2. The largest absolute Gasteiger partial charge is 0.291 e. The molecule has 4 heterocycles. The first-order valence-electron chi connectivity index (χ1n) is 13.2. The molecule has 188 valence electrons. The molecule has 5 aromatic rings. The van der Waals surface area contributed by atoms with Gasteiger partial charge in [0, 0.05) is 34.0 Å². The molecule has 8 rings (SSSR count). The van der Waals surface area contributed by atoms with Gasteiger partial charge in [-0.15, -0.1) is 10.2 Å². The lowest BCUT2D eigenvalue weighted by atomic mass is 9.76.